The Morgan fingerprint density at radius 3 is 2.97 bits per heavy atom. The Balaban J connectivity index is 1.29. The quantitative estimate of drug-likeness (QED) is 0.541. The Hall–Kier alpha value is -2.94. The van der Waals surface area contributed by atoms with Crippen molar-refractivity contribution >= 4 is 22.8 Å². The molecule has 4 aromatic rings. The number of hydrogen-bond acceptors (Lipinski definition) is 6. The van der Waals surface area contributed by atoms with Gasteiger partial charge in [0.2, 0.25) is 0 Å². The van der Waals surface area contributed by atoms with Crippen molar-refractivity contribution in [2.75, 3.05) is 13.2 Å². The van der Waals surface area contributed by atoms with Crippen molar-refractivity contribution in [3.05, 3.63) is 53.8 Å². The Morgan fingerprint density at radius 2 is 2.07 bits per heavy atom. The fraction of sp³-hybridized carbons (Fsp3) is 0.286. The topological polar surface area (TPSA) is 87.1 Å². The molecule has 3 unspecified atom stereocenters. The molecule has 1 aromatic carbocycles. The SMILES string of the molecule is Clc1cc2[nH]c(OC3COC4CCOC43)nc2nc1-c1cnn(-c2ccccc2)c1. The van der Waals surface area contributed by atoms with Crippen LogP contribution in [0, 0.1) is 0 Å². The monoisotopic (exact) mass is 423 g/mol. The predicted octanol–water partition coefficient (Wildman–Crippen LogP) is 3.40. The summed E-state index contributed by atoms with van der Waals surface area (Å²) in [7, 11) is 0. The number of aromatic amines is 1. The number of pyridine rings is 1. The third kappa shape index (κ3) is 3.04. The van der Waals surface area contributed by atoms with Crippen LogP contribution in [0.3, 0.4) is 0 Å². The minimum Gasteiger partial charge on any atom is -0.456 e. The zero-order valence-electron chi connectivity index (χ0n) is 15.9. The van der Waals surface area contributed by atoms with Gasteiger partial charge in [0.1, 0.15) is 6.10 Å². The number of ether oxygens (including phenoxy) is 3. The van der Waals surface area contributed by atoms with Gasteiger partial charge in [-0.05, 0) is 24.6 Å². The molecule has 3 atom stereocenters. The summed E-state index contributed by atoms with van der Waals surface area (Å²) in [5, 5.41) is 4.93. The highest BCUT2D eigenvalue weighted by Gasteiger charge is 2.43. The molecule has 5 heterocycles. The van der Waals surface area contributed by atoms with Gasteiger partial charge in [-0.1, -0.05) is 29.8 Å². The molecule has 30 heavy (non-hydrogen) atoms. The minimum absolute atomic E-state index is 0.0471. The maximum Gasteiger partial charge on any atom is 0.296 e. The van der Waals surface area contributed by atoms with Crippen LogP contribution in [0.4, 0.5) is 0 Å². The zero-order chi connectivity index (χ0) is 20.1. The van der Waals surface area contributed by atoms with Crippen molar-refractivity contribution in [1.29, 1.82) is 0 Å². The van der Waals surface area contributed by atoms with Crippen molar-refractivity contribution in [1.82, 2.24) is 24.7 Å². The van der Waals surface area contributed by atoms with Crippen molar-refractivity contribution < 1.29 is 14.2 Å². The molecule has 0 saturated carbocycles. The summed E-state index contributed by atoms with van der Waals surface area (Å²) in [5.41, 5.74) is 3.62. The van der Waals surface area contributed by atoms with E-state index in [0.29, 0.717) is 41.1 Å². The number of hydrogen-bond donors (Lipinski definition) is 1. The maximum atomic E-state index is 6.52. The summed E-state index contributed by atoms with van der Waals surface area (Å²) < 4.78 is 19.3. The molecule has 2 saturated heterocycles. The van der Waals surface area contributed by atoms with E-state index in [1.807, 2.05) is 36.5 Å². The summed E-state index contributed by atoms with van der Waals surface area (Å²) >= 11 is 6.52. The highest BCUT2D eigenvalue weighted by Crippen LogP contribution is 2.32. The number of fused-ring (bicyclic) bond motifs is 2. The van der Waals surface area contributed by atoms with Gasteiger partial charge >= 0.3 is 0 Å². The average molecular weight is 424 g/mol. The number of aromatic nitrogens is 5. The first-order valence-corrected chi connectivity index (χ1v) is 10.2. The molecule has 0 spiro atoms. The Morgan fingerprint density at radius 1 is 1.17 bits per heavy atom. The number of rotatable bonds is 4. The third-order valence-electron chi connectivity index (χ3n) is 5.46. The molecule has 8 nitrogen and oxygen atoms in total. The number of imidazole rings is 1. The molecule has 0 radical (unpaired) electrons. The van der Waals surface area contributed by atoms with Crippen LogP contribution in [-0.4, -0.2) is 56.3 Å². The lowest BCUT2D eigenvalue weighted by atomic mass is 10.1. The maximum absolute atomic E-state index is 6.52. The predicted molar refractivity (Wildman–Crippen MR) is 110 cm³/mol. The van der Waals surface area contributed by atoms with Gasteiger partial charge in [-0.3, -0.25) is 0 Å². The first-order chi connectivity index (χ1) is 14.7. The highest BCUT2D eigenvalue weighted by molar-refractivity contribution is 6.33. The van der Waals surface area contributed by atoms with Crippen LogP contribution < -0.4 is 4.74 Å². The second-order valence-corrected chi connectivity index (χ2v) is 7.80. The molecule has 2 fully saturated rings. The van der Waals surface area contributed by atoms with Gasteiger partial charge in [0.15, 0.2) is 11.8 Å². The second-order valence-electron chi connectivity index (χ2n) is 7.39. The zero-order valence-corrected chi connectivity index (χ0v) is 16.6. The number of benzene rings is 1. The van der Waals surface area contributed by atoms with Crippen LogP contribution in [0.5, 0.6) is 6.01 Å². The van der Waals surface area contributed by atoms with E-state index in [1.54, 1.807) is 16.9 Å². The van der Waals surface area contributed by atoms with Crippen LogP contribution in [-0.2, 0) is 9.47 Å². The van der Waals surface area contributed by atoms with Crippen LogP contribution in [0.25, 0.3) is 28.1 Å². The third-order valence-corrected chi connectivity index (χ3v) is 5.75. The smallest absolute Gasteiger partial charge is 0.296 e. The van der Waals surface area contributed by atoms with Crippen molar-refractivity contribution in [3.8, 4) is 23.0 Å². The number of nitrogens with one attached hydrogen (secondary N) is 1. The molecule has 9 heteroatoms. The first-order valence-electron chi connectivity index (χ1n) is 9.81. The highest BCUT2D eigenvalue weighted by atomic mass is 35.5. The molecule has 2 aliphatic rings. The van der Waals surface area contributed by atoms with E-state index >= 15 is 0 Å². The van der Waals surface area contributed by atoms with Crippen LogP contribution in [0.15, 0.2) is 48.8 Å². The van der Waals surface area contributed by atoms with E-state index in [0.717, 1.165) is 17.7 Å². The van der Waals surface area contributed by atoms with Gasteiger partial charge in [-0.2, -0.15) is 10.1 Å². The van der Waals surface area contributed by atoms with Crippen LogP contribution in [0.1, 0.15) is 6.42 Å². The first kappa shape index (κ1) is 17.9. The standard InChI is InChI=1S/C21H18ClN5O3/c22-14-8-15-20(26-21(24-15)30-17-11-29-16-6-7-28-19(16)17)25-18(14)12-9-23-27(10-12)13-4-2-1-3-5-13/h1-5,8-10,16-17,19H,6-7,11H2,(H,24,25,26). The Labute approximate surface area is 176 Å². The lowest BCUT2D eigenvalue weighted by Gasteiger charge is -2.15. The normalized spacial score (nSPS) is 23.2. The molecule has 0 amide bonds. The number of nitrogens with zero attached hydrogens (tertiary/aromatic N) is 4. The number of para-hydroxylation sites is 1. The van der Waals surface area contributed by atoms with Gasteiger partial charge in [0.05, 0.1) is 40.8 Å². The molecular weight excluding hydrogens is 406 g/mol. The summed E-state index contributed by atoms with van der Waals surface area (Å²) in [5.74, 6) is 0. The van der Waals surface area contributed by atoms with E-state index in [4.69, 9.17) is 25.8 Å². The molecule has 1 N–H and O–H groups in total. The van der Waals surface area contributed by atoms with Gasteiger partial charge < -0.3 is 19.2 Å². The van der Waals surface area contributed by atoms with E-state index in [9.17, 15) is 0 Å². The van der Waals surface area contributed by atoms with Crippen LogP contribution >= 0.6 is 11.6 Å². The summed E-state index contributed by atoms with van der Waals surface area (Å²) in [4.78, 5) is 12.3. The molecule has 6 rings (SSSR count). The van der Waals surface area contributed by atoms with Gasteiger partial charge in [0, 0.05) is 18.4 Å². The fourth-order valence-electron chi connectivity index (χ4n) is 4.00. The molecule has 2 aliphatic heterocycles. The van der Waals surface area contributed by atoms with Crippen molar-refractivity contribution in [2.24, 2.45) is 0 Å². The van der Waals surface area contributed by atoms with Crippen LogP contribution in [0.2, 0.25) is 5.02 Å². The summed E-state index contributed by atoms with van der Waals surface area (Å²) in [6, 6.07) is 12.1. The fourth-order valence-corrected chi connectivity index (χ4v) is 4.26. The summed E-state index contributed by atoms with van der Waals surface area (Å²) in [6.45, 7) is 1.19. The minimum atomic E-state index is -0.183. The molecule has 0 aliphatic carbocycles. The molecule has 152 valence electrons. The largest absolute Gasteiger partial charge is 0.456 e. The molecule has 0 bridgehead atoms. The lowest BCUT2D eigenvalue weighted by Crippen LogP contribution is -2.32. The van der Waals surface area contributed by atoms with Gasteiger partial charge in [-0.15, -0.1) is 0 Å². The number of halogens is 1. The van der Waals surface area contributed by atoms with E-state index in [2.05, 4.69) is 20.1 Å². The number of H-pyrrole nitrogens is 1. The molecular formula is C21H18ClN5O3. The lowest BCUT2D eigenvalue weighted by molar-refractivity contribution is 0.0273. The van der Waals surface area contributed by atoms with E-state index in [1.165, 1.54) is 0 Å². The Bertz CT molecular complexity index is 1210. The van der Waals surface area contributed by atoms with Crippen molar-refractivity contribution in [2.45, 2.75) is 24.7 Å². The average Bonchev–Trinajstić information content (AvgIpc) is 3.53. The van der Waals surface area contributed by atoms with Gasteiger partial charge in [0.25, 0.3) is 6.01 Å². The summed E-state index contributed by atoms with van der Waals surface area (Å²) in [6.07, 6.45) is 4.42. The van der Waals surface area contributed by atoms with Crippen molar-refractivity contribution in [3.63, 3.8) is 0 Å². The second kappa shape index (κ2) is 7.09. The van der Waals surface area contributed by atoms with Gasteiger partial charge in [-0.25, -0.2) is 9.67 Å². The Kier molecular flexibility index (Phi) is 4.22. The van der Waals surface area contributed by atoms with E-state index in [-0.39, 0.29) is 18.3 Å². The molecule has 3 aromatic heterocycles. The van der Waals surface area contributed by atoms with E-state index < -0.39 is 0 Å².